The van der Waals surface area contributed by atoms with E-state index in [1.54, 1.807) is 55.5 Å². The average Bonchev–Trinajstić information content (AvgIpc) is 3.11. The number of benzene rings is 2. The first kappa shape index (κ1) is 22.7. The molecule has 0 spiro atoms. The summed E-state index contributed by atoms with van der Waals surface area (Å²) in [6, 6.07) is 12.0. The van der Waals surface area contributed by atoms with Crippen molar-refractivity contribution in [1.82, 2.24) is 0 Å². The first-order chi connectivity index (χ1) is 15.4. The smallest absolute Gasteiger partial charge is 0.338 e. The molecule has 0 fully saturated rings. The Morgan fingerprint density at radius 3 is 2.00 bits per heavy atom. The van der Waals surface area contributed by atoms with Crippen LogP contribution in [0.2, 0.25) is 0 Å². The van der Waals surface area contributed by atoms with Crippen LogP contribution in [0.1, 0.15) is 6.92 Å². The standard InChI is InChI=1S/C23H24N2O7/c1-5-32-23(28)20-18(22(27)31-4)19(24-14-6-10-16(29-2)11-7-14)21(26)25(20)15-8-12-17(30-3)13-9-15/h6-13,20,24H,5H2,1-4H3. The number of nitrogens with zero attached hydrogens (tertiary/aromatic N) is 1. The summed E-state index contributed by atoms with van der Waals surface area (Å²) in [7, 11) is 4.24. The second kappa shape index (κ2) is 9.86. The fourth-order valence-corrected chi connectivity index (χ4v) is 3.34. The molecule has 1 N–H and O–H groups in total. The molecule has 0 aliphatic carbocycles. The van der Waals surface area contributed by atoms with Gasteiger partial charge in [-0.1, -0.05) is 0 Å². The Bertz CT molecular complexity index is 1030. The predicted molar refractivity (Wildman–Crippen MR) is 117 cm³/mol. The van der Waals surface area contributed by atoms with Crippen LogP contribution >= 0.6 is 0 Å². The number of carbonyl (C=O) groups is 3. The van der Waals surface area contributed by atoms with Gasteiger partial charge < -0.3 is 24.3 Å². The molecule has 0 bridgehead atoms. The van der Waals surface area contributed by atoms with Gasteiger partial charge in [0, 0.05) is 11.4 Å². The lowest BCUT2D eigenvalue weighted by Gasteiger charge is -2.24. The molecule has 2 aromatic rings. The van der Waals surface area contributed by atoms with E-state index in [0.717, 1.165) is 0 Å². The van der Waals surface area contributed by atoms with Crippen molar-refractivity contribution >= 4 is 29.2 Å². The summed E-state index contributed by atoms with van der Waals surface area (Å²) in [6.07, 6.45) is 0. The number of nitrogens with one attached hydrogen (secondary N) is 1. The SMILES string of the molecule is CCOC(=O)C1C(C(=O)OC)=C(Nc2ccc(OC)cc2)C(=O)N1c1ccc(OC)cc1. The van der Waals surface area contributed by atoms with Crippen molar-refractivity contribution in [2.24, 2.45) is 0 Å². The van der Waals surface area contributed by atoms with E-state index in [-0.39, 0.29) is 17.9 Å². The Labute approximate surface area is 185 Å². The Balaban J connectivity index is 2.10. The van der Waals surface area contributed by atoms with E-state index in [2.05, 4.69) is 5.32 Å². The quantitative estimate of drug-likeness (QED) is 0.625. The Morgan fingerprint density at radius 2 is 1.50 bits per heavy atom. The second-order valence-corrected chi connectivity index (χ2v) is 6.66. The minimum atomic E-state index is -1.32. The molecule has 1 aliphatic rings. The summed E-state index contributed by atoms with van der Waals surface area (Å²) >= 11 is 0. The van der Waals surface area contributed by atoms with E-state index >= 15 is 0 Å². The monoisotopic (exact) mass is 440 g/mol. The van der Waals surface area contributed by atoms with Gasteiger partial charge in [0.15, 0.2) is 6.04 Å². The third kappa shape index (κ3) is 4.36. The van der Waals surface area contributed by atoms with Gasteiger partial charge in [0.2, 0.25) is 0 Å². The fourth-order valence-electron chi connectivity index (χ4n) is 3.34. The molecule has 0 saturated heterocycles. The summed E-state index contributed by atoms with van der Waals surface area (Å²) in [5, 5.41) is 2.96. The van der Waals surface area contributed by atoms with Crippen LogP contribution < -0.4 is 19.7 Å². The molecule has 3 rings (SSSR count). The molecular formula is C23H24N2O7. The van der Waals surface area contributed by atoms with E-state index in [0.29, 0.717) is 22.9 Å². The number of hydrogen-bond donors (Lipinski definition) is 1. The zero-order valence-electron chi connectivity index (χ0n) is 18.2. The zero-order valence-corrected chi connectivity index (χ0v) is 18.2. The molecule has 1 unspecified atom stereocenters. The van der Waals surface area contributed by atoms with Gasteiger partial charge in [0.1, 0.15) is 22.8 Å². The molecule has 0 aromatic heterocycles. The molecule has 9 nitrogen and oxygen atoms in total. The predicted octanol–water partition coefficient (Wildman–Crippen LogP) is 2.52. The largest absolute Gasteiger partial charge is 0.497 e. The number of hydrogen-bond acceptors (Lipinski definition) is 8. The molecule has 0 saturated carbocycles. The van der Waals surface area contributed by atoms with Crippen molar-refractivity contribution in [3.8, 4) is 11.5 Å². The zero-order chi connectivity index (χ0) is 23.3. The number of rotatable bonds is 8. The van der Waals surface area contributed by atoms with Gasteiger partial charge >= 0.3 is 11.9 Å². The molecular weight excluding hydrogens is 416 g/mol. The molecule has 168 valence electrons. The van der Waals surface area contributed by atoms with Crippen LogP contribution in [0.4, 0.5) is 11.4 Å². The fraction of sp³-hybridized carbons (Fsp3) is 0.261. The highest BCUT2D eigenvalue weighted by Gasteiger charge is 2.48. The maximum atomic E-state index is 13.5. The highest BCUT2D eigenvalue weighted by atomic mass is 16.5. The maximum absolute atomic E-state index is 13.5. The third-order valence-electron chi connectivity index (χ3n) is 4.86. The average molecular weight is 440 g/mol. The van der Waals surface area contributed by atoms with Crippen LogP contribution in [0.5, 0.6) is 11.5 Å². The highest BCUT2D eigenvalue weighted by Crippen LogP contribution is 2.34. The third-order valence-corrected chi connectivity index (χ3v) is 4.86. The molecule has 2 aromatic carbocycles. The van der Waals surface area contributed by atoms with E-state index < -0.39 is 23.9 Å². The van der Waals surface area contributed by atoms with Crippen molar-refractivity contribution < 1.29 is 33.3 Å². The van der Waals surface area contributed by atoms with Crippen LogP contribution in [0, 0.1) is 0 Å². The van der Waals surface area contributed by atoms with E-state index in [1.807, 2.05) is 0 Å². The van der Waals surface area contributed by atoms with Gasteiger partial charge in [-0.2, -0.15) is 0 Å². The van der Waals surface area contributed by atoms with Gasteiger partial charge in [0.25, 0.3) is 5.91 Å². The minimum Gasteiger partial charge on any atom is -0.497 e. The van der Waals surface area contributed by atoms with Gasteiger partial charge in [-0.3, -0.25) is 9.69 Å². The molecule has 32 heavy (non-hydrogen) atoms. The summed E-state index contributed by atoms with van der Waals surface area (Å²) in [4.78, 5) is 40.3. The number of amides is 1. The first-order valence-corrected chi connectivity index (χ1v) is 9.82. The maximum Gasteiger partial charge on any atom is 0.338 e. The number of methoxy groups -OCH3 is 3. The van der Waals surface area contributed by atoms with E-state index in [9.17, 15) is 14.4 Å². The normalized spacial score (nSPS) is 15.4. The minimum absolute atomic E-state index is 0.0733. The number of anilines is 2. The molecule has 0 radical (unpaired) electrons. The number of ether oxygens (including phenoxy) is 4. The Morgan fingerprint density at radius 1 is 0.938 bits per heavy atom. The molecule has 1 aliphatic heterocycles. The molecule has 1 heterocycles. The number of esters is 2. The van der Waals surface area contributed by atoms with E-state index in [4.69, 9.17) is 18.9 Å². The molecule has 9 heteroatoms. The van der Waals surface area contributed by atoms with Crippen LogP contribution in [0.25, 0.3) is 0 Å². The highest BCUT2D eigenvalue weighted by molar-refractivity contribution is 6.22. The van der Waals surface area contributed by atoms with Crippen LogP contribution in [-0.2, 0) is 23.9 Å². The van der Waals surface area contributed by atoms with Crippen molar-refractivity contribution in [2.75, 3.05) is 38.2 Å². The summed E-state index contributed by atoms with van der Waals surface area (Å²) < 4.78 is 20.4. The van der Waals surface area contributed by atoms with E-state index in [1.165, 1.54) is 26.2 Å². The lowest BCUT2D eigenvalue weighted by Crippen LogP contribution is -2.43. The molecule has 1 amide bonds. The number of carbonyl (C=O) groups excluding carboxylic acids is 3. The lowest BCUT2D eigenvalue weighted by atomic mass is 10.1. The first-order valence-electron chi connectivity index (χ1n) is 9.82. The van der Waals surface area contributed by atoms with Crippen molar-refractivity contribution in [2.45, 2.75) is 13.0 Å². The Kier molecular flexibility index (Phi) is 6.99. The van der Waals surface area contributed by atoms with Gasteiger partial charge in [0.05, 0.1) is 27.9 Å². The summed E-state index contributed by atoms with van der Waals surface area (Å²) in [5.74, 6) is -0.943. The van der Waals surface area contributed by atoms with Crippen LogP contribution in [0.15, 0.2) is 59.8 Å². The molecule has 1 atom stereocenters. The topological polar surface area (TPSA) is 103 Å². The van der Waals surface area contributed by atoms with Crippen LogP contribution in [-0.4, -0.2) is 51.8 Å². The van der Waals surface area contributed by atoms with Crippen LogP contribution in [0.3, 0.4) is 0 Å². The van der Waals surface area contributed by atoms with Crippen molar-refractivity contribution in [3.05, 3.63) is 59.8 Å². The summed E-state index contributed by atoms with van der Waals surface area (Å²) in [5.41, 5.74) is 0.704. The van der Waals surface area contributed by atoms with Gasteiger partial charge in [-0.25, -0.2) is 9.59 Å². The second-order valence-electron chi connectivity index (χ2n) is 6.66. The van der Waals surface area contributed by atoms with Gasteiger partial charge in [-0.05, 0) is 55.5 Å². The van der Waals surface area contributed by atoms with Crippen molar-refractivity contribution in [3.63, 3.8) is 0 Å². The Hall–Kier alpha value is -4.01. The lowest BCUT2D eigenvalue weighted by molar-refractivity contribution is -0.146. The van der Waals surface area contributed by atoms with Crippen molar-refractivity contribution in [1.29, 1.82) is 0 Å². The summed E-state index contributed by atoms with van der Waals surface area (Å²) in [6.45, 7) is 1.72. The van der Waals surface area contributed by atoms with Gasteiger partial charge in [-0.15, -0.1) is 0 Å².